The average Bonchev–Trinajstić information content (AvgIpc) is 2.59. The highest BCUT2D eigenvalue weighted by Gasteiger charge is 2.14. The molecule has 2 nitrogen and oxygen atoms in total. The summed E-state index contributed by atoms with van der Waals surface area (Å²) in [7, 11) is 0. The molecule has 0 saturated heterocycles. The van der Waals surface area contributed by atoms with Gasteiger partial charge in [0.1, 0.15) is 0 Å². The van der Waals surface area contributed by atoms with Gasteiger partial charge in [-0.3, -0.25) is 0 Å². The minimum atomic E-state index is 0.0694. The second kappa shape index (κ2) is 3.87. The molecule has 2 aromatic rings. The van der Waals surface area contributed by atoms with Gasteiger partial charge in [-0.25, -0.2) is 0 Å². The number of halogens is 1. The zero-order valence-corrected chi connectivity index (χ0v) is 9.68. The number of nitrogens with one attached hydrogen (secondary N) is 1. The average molecular weight is 223 g/mol. The van der Waals surface area contributed by atoms with Crippen molar-refractivity contribution in [2.75, 3.05) is 0 Å². The van der Waals surface area contributed by atoms with Crippen molar-refractivity contribution in [3.05, 3.63) is 35.0 Å². The number of nitrogens with two attached hydrogens (primary N) is 1. The van der Waals surface area contributed by atoms with Crippen LogP contribution in [-0.2, 0) is 0 Å². The van der Waals surface area contributed by atoms with E-state index in [1.54, 1.807) is 0 Å². The first-order valence-corrected chi connectivity index (χ1v) is 5.49. The molecule has 0 fully saturated rings. The fourth-order valence-electron chi connectivity index (χ4n) is 1.76. The molecular weight excluding hydrogens is 208 g/mol. The summed E-state index contributed by atoms with van der Waals surface area (Å²) in [5.74, 6) is 0.430. The Hall–Kier alpha value is -0.990. The van der Waals surface area contributed by atoms with Crippen molar-refractivity contribution in [2.45, 2.75) is 19.9 Å². The van der Waals surface area contributed by atoms with Crippen LogP contribution in [0, 0.1) is 5.92 Å². The Kier molecular flexibility index (Phi) is 2.72. The number of fused-ring (bicyclic) bond motifs is 1. The molecule has 1 unspecified atom stereocenters. The van der Waals surface area contributed by atoms with E-state index >= 15 is 0 Å². The highest BCUT2D eigenvalue weighted by molar-refractivity contribution is 6.31. The smallest absolute Gasteiger partial charge is 0.0472 e. The normalized spacial score (nSPS) is 13.7. The van der Waals surface area contributed by atoms with Crippen LogP contribution in [0.15, 0.2) is 24.4 Å². The lowest BCUT2D eigenvalue weighted by molar-refractivity contribution is 0.517. The van der Waals surface area contributed by atoms with Crippen LogP contribution in [0.4, 0.5) is 0 Å². The zero-order chi connectivity index (χ0) is 11.0. The second-order valence-electron chi connectivity index (χ2n) is 4.20. The number of hydrogen-bond acceptors (Lipinski definition) is 1. The summed E-state index contributed by atoms with van der Waals surface area (Å²) in [6, 6.07) is 5.91. The molecule has 0 spiro atoms. The molecule has 3 heteroatoms. The zero-order valence-electron chi connectivity index (χ0n) is 8.92. The first kappa shape index (κ1) is 10.5. The van der Waals surface area contributed by atoms with Gasteiger partial charge in [-0.15, -0.1) is 0 Å². The molecule has 0 saturated carbocycles. The number of aromatic nitrogens is 1. The molecule has 15 heavy (non-hydrogen) atoms. The molecule has 80 valence electrons. The van der Waals surface area contributed by atoms with Crippen LogP contribution in [0.5, 0.6) is 0 Å². The van der Waals surface area contributed by atoms with Crippen LogP contribution in [0.3, 0.4) is 0 Å². The Balaban J connectivity index is 2.54. The molecule has 0 aliphatic heterocycles. The maximum atomic E-state index is 6.13. The molecule has 0 aliphatic rings. The second-order valence-corrected chi connectivity index (χ2v) is 4.64. The van der Waals surface area contributed by atoms with E-state index in [2.05, 4.69) is 18.8 Å². The van der Waals surface area contributed by atoms with Gasteiger partial charge in [-0.1, -0.05) is 31.5 Å². The molecule has 1 atom stereocenters. The topological polar surface area (TPSA) is 41.8 Å². The summed E-state index contributed by atoms with van der Waals surface area (Å²) in [5, 5.41) is 1.91. The minimum Gasteiger partial charge on any atom is -0.361 e. The predicted octanol–water partition coefficient (Wildman–Crippen LogP) is 3.48. The largest absolute Gasteiger partial charge is 0.361 e. The Labute approximate surface area is 94.4 Å². The van der Waals surface area contributed by atoms with Gasteiger partial charge in [0.05, 0.1) is 0 Å². The van der Waals surface area contributed by atoms with Crippen molar-refractivity contribution in [3.63, 3.8) is 0 Å². The number of benzene rings is 1. The van der Waals surface area contributed by atoms with Crippen molar-refractivity contribution < 1.29 is 0 Å². The van der Waals surface area contributed by atoms with E-state index in [0.29, 0.717) is 5.92 Å². The van der Waals surface area contributed by atoms with Crippen molar-refractivity contribution >= 4 is 22.5 Å². The van der Waals surface area contributed by atoms with Gasteiger partial charge >= 0.3 is 0 Å². The fourth-order valence-corrected chi connectivity index (χ4v) is 1.93. The summed E-state index contributed by atoms with van der Waals surface area (Å²) in [5.41, 5.74) is 8.35. The van der Waals surface area contributed by atoms with Crippen LogP contribution in [0.1, 0.15) is 25.5 Å². The molecule has 0 radical (unpaired) electrons. The lowest BCUT2D eigenvalue weighted by atomic mass is 9.97. The van der Waals surface area contributed by atoms with Gasteiger partial charge < -0.3 is 10.7 Å². The predicted molar refractivity (Wildman–Crippen MR) is 65.1 cm³/mol. The van der Waals surface area contributed by atoms with Gasteiger partial charge in [-0.05, 0) is 23.6 Å². The Morgan fingerprint density at radius 2 is 2.07 bits per heavy atom. The van der Waals surface area contributed by atoms with Gasteiger partial charge in [0.2, 0.25) is 0 Å². The van der Waals surface area contributed by atoms with Gasteiger partial charge in [-0.2, -0.15) is 0 Å². The van der Waals surface area contributed by atoms with Crippen LogP contribution in [-0.4, -0.2) is 4.98 Å². The van der Waals surface area contributed by atoms with Crippen molar-refractivity contribution in [1.82, 2.24) is 4.98 Å². The number of hydrogen-bond donors (Lipinski definition) is 2. The van der Waals surface area contributed by atoms with E-state index in [1.165, 1.54) is 5.39 Å². The molecule has 2 rings (SSSR count). The fraction of sp³-hybridized carbons (Fsp3) is 0.333. The van der Waals surface area contributed by atoms with Crippen molar-refractivity contribution in [2.24, 2.45) is 11.7 Å². The molecular formula is C12H15ClN2. The summed E-state index contributed by atoms with van der Waals surface area (Å²) in [4.78, 5) is 3.20. The van der Waals surface area contributed by atoms with Crippen LogP contribution in [0.2, 0.25) is 5.02 Å². The third-order valence-electron chi connectivity index (χ3n) is 2.75. The Bertz CT molecular complexity index is 473. The Morgan fingerprint density at radius 3 is 2.73 bits per heavy atom. The van der Waals surface area contributed by atoms with Gasteiger partial charge in [0.25, 0.3) is 0 Å². The minimum absolute atomic E-state index is 0.0694. The SMILES string of the molecule is CC(C)C(N)c1c[nH]c2cc(Cl)ccc12. The summed E-state index contributed by atoms with van der Waals surface area (Å²) in [6.07, 6.45) is 1.98. The molecule has 3 N–H and O–H groups in total. The molecule has 0 amide bonds. The molecule has 0 aliphatic carbocycles. The van der Waals surface area contributed by atoms with Crippen molar-refractivity contribution in [1.29, 1.82) is 0 Å². The van der Waals surface area contributed by atoms with Crippen LogP contribution >= 0.6 is 11.6 Å². The first-order chi connectivity index (χ1) is 7.09. The van der Waals surface area contributed by atoms with Crippen molar-refractivity contribution in [3.8, 4) is 0 Å². The maximum Gasteiger partial charge on any atom is 0.0472 e. The molecule has 0 bridgehead atoms. The van der Waals surface area contributed by atoms with E-state index in [0.717, 1.165) is 16.1 Å². The molecule has 1 aromatic heterocycles. The summed E-state index contributed by atoms with van der Waals surface area (Å²) < 4.78 is 0. The highest BCUT2D eigenvalue weighted by Crippen LogP contribution is 2.28. The summed E-state index contributed by atoms with van der Waals surface area (Å²) >= 11 is 5.92. The third kappa shape index (κ3) is 1.87. The molecule has 1 heterocycles. The quantitative estimate of drug-likeness (QED) is 0.803. The maximum absolute atomic E-state index is 6.13. The highest BCUT2D eigenvalue weighted by atomic mass is 35.5. The number of H-pyrrole nitrogens is 1. The van der Waals surface area contributed by atoms with Crippen LogP contribution in [0.25, 0.3) is 10.9 Å². The summed E-state index contributed by atoms with van der Waals surface area (Å²) in [6.45, 7) is 4.25. The van der Waals surface area contributed by atoms with Gasteiger partial charge in [0, 0.05) is 28.2 Å². The van der Waals surface area contributed by atoms with E-state index in [1.807, 2.05) is 24.4 Å². The lowest BCUT2D eigenvalue weighted by Crippen LogP contribution is -2.16. The number of aromatic amines is 1. The lowest BCUT2D eigenvalue weighted by Gasteiger charge is -2.14. The Morgan fingerprint density at radius 1 is 1.33 bits per heavy atom. The van der Waals surface area contributed by atoms with Crippen LogP contribution < -0.4 is 5.73 Å². The monoisotopic (exact) mass is 222 g/mol. The van der Waals surface area contributed by atoms with E-state index in [-0.39, 0.29) is 6.04 Å². The van der Waals surface area contributed by atoms with E-state index in [4.69, 9.17) is 17.3 Å². The standard InChI is InChI=1S/C12H15ClN2/c1-7(2)12(14)10-6-15-11-5-8(13)3-4-9(10)11/h3-7,12,15H,14H2,1-2H3. The van der Waals surface area contributed by atoms with E-state index < -0.39 is 0 Å². The first-order valence-electron chi connectivity index (χ1n) is 5.11. The molecule has 1 aromatic carbocycles. The van der Waals surface area contributed by atoms with Gasteiger partial charge in [0.15, 0.2) is 0 Å². The third-order valence-corrected chi connectivity index (χ3v) is 2.99. The van der Waals surface area contributed by atoms with E-state index in [9.17, 15) is 0 Å². The number of rotatable bonds is 2.